The van der Waals surface area contributed by atoms with E-state index in [1.807, 2.05) is 19.0 Å². The summed E-state index contributed by atoms with van der Waals surface area (Å²) in [5.74, 6) is 0.00525. The lowest BCUT2D eigenvalue weighted by Gasteiger charge is -2.26. The molecule has 0 aromatic carbocycles. The zero-order chi connectivity index (χ0) is 14.7. The summed E-state index contributed by atoms with van der Waals surface area (Å²) in [7, 11) is 3.93. The summed E-state index contributed by atoms with van der Waals surface area (Å²) in [4.78, 5) is 20.3. The maximum atomic E-state index is 12.4. The van der Waals surface area contributed by atoms with Gasteiger partial charge >= 0.3 is 0 Å². The van der Waals surface area contributed by atoms with Gasteiger partial charge in [0.1, 0.15) is 0 Å². The average Bonchev–Trinajstić information content (AvgIpc) is 2.72. The third-order valence-electron chi connectivity index (χ3n) is 3.47. The number of likely N-dealkylation sites (tertiary alicyclic amines) is 1. The van der Waals surface area contributed by atoms with Gasteiger partial charge in [-0.15, -0.1) is 0 Å². The van der Waals surface area contributed by atoms with Gasteiger partial charge in [0.15, 0.2) is 0 Å². The number of hydrogen-bond acceptors (Lipinski definition) is 5. The molecule has 0 bridgehead atoms. The fraction of sp³-hybridized carbons (Fsp3) is 0.571. The largest absolute Gasteiger partial charge is 0.397 e. The fourth-order valence-electron chi connectivity index (χ4n) is 2.59. The number of carbonyl (C=O) groups excluding carboxylic acids is 1. The highest BCUT2D eigenvalue weighted by Gasteiger charge is 2.34. The molecule has 3 N–H and O–H groups in total. The molecule has 6 nitrogen and oxygen atoms in total. The molecule has 1 aromatic rings. The summed E-state index contributed by atoms with van der Waals surface area (Å²) in [5.41, 5.74) is 6.87. The molecule has 0 saturated carbocycles. The van der Waals surface area contributed by atoms with Gasteiger partial charge in [-0.1, -0.05) is 0 Å². The SMILES string of the molecule is CN(C)CC1CC(O)CN1C(=O)Cc1ccc(N)cn1. The number of amides is 1. The van der Waals surface area contributed by atoms with E-state index in [4.69, 9.17) is 5.73 Å². The Morgan fingerprint density at radius 1 is 1.55 bits per heavy atom. The molecule has 2 atom stereocenters. The van der Waals surface area contributed by atoms with Crippen molar-refractivity contribution in [3.63, 3.8) is 0 Å². The molecule has 1 fully saturated rings. The lowest BCUT2D eigenvalue weighted by atomic mass is 10.2. The molecule has 0 spiro atoms. The van der Waals surface area contributed by atoms with Gasteiger partial charge in [-0.2, -0.15) is 0 Å². The highest BCUT2D eigenvalue weighted by molar-refractivity contribution is 5.79. The van der Waals surface area contributed by atoms with E-state index in [0.29, 0.717) is 24.3 Å². The van der Waals surface area contributed by atoms with Crippen molar-refractivity contribution in [3.8, 4) is 0 Å². The van der Waals surface area contributed by atoms with Gasteiger partial charge in [0, 0.05) is 24.8 Å². The van der Waals surface area contributed by atoms with Crippen LogP contribution in [0.2, 0.25) is 0 Å². The Labute approximate surface area is 119 Å². The van der Waals surface area contributed by atoms with Crippen LogP contribution in [0.5, 0.6) is 0 Å². The van der Waals surface area contributed by atoms with Gasteiger partial charge in [0.2, 0.25) is 5.91 Å². The van der Waals surface area contributed by atoms with E-state index in [1.165, 1.54) is 0 Å². The zero-order valence-electron chi connectivity index (χ0n) is 12.0. The Morgan fingerprint density at radius 2 is 2.30 bits per heavy atom. The van der Waals surface area contributed by atoms with E-state index in [9.17, 15) is 9.90 Å². The molecule has 2 unspecified atom stereocenters. The number of aromatic nitrogens is 1. The molecule has 110 valence electrons. The summed E-state index contributed by atoms with van der Waals surface area (Å²) in [5, 5.41) is 9.79. The van der Waals surface area contributed by atoms with Gasteiger partial charge in [0.25, 0.3) is 0 Å². The Bertz CT molecular complexity index is 461. The summed E-state index contributed by atoms with van der Waals surface area (Å²) < 4.78 is 0. The lowest BCUT2D eigenvalue weighted by molar-refractivity contribution is -0.131. The number of aliphatic hydroxyl groups excluding tert-OH is 1. The van der Waals surface area contributed by atoms with E-state index < -0.39 is 6.10 Å². The number of hydrogen-bond donors (Lipinski definition) is 2. The lowest BCUT2D eigenvalue weighted by Crippen LogP contribution is -2.42. The van der Waals surface area contributed by atoms with Crippen molar-refractivity contribution in [2.75, 3.05) is 32.9 Å². The number of β-amino-alcohol motifs (C(OH)–C–C–N with tert-alkyl or cyclic N) is 1. The van der Waals surface area contributed by atoms with Crippen molar-refractivity contribution in [3.05, 3.63) is 24.0 Å². The van der Waals surface area contributed by atoms with Crippen LogP contribution in [0, 0.1) is 0 Å². The smallest absolute Gasteiger partial charge is 0.228 e. The highest BCUT2D eigenvalue weighted by Crippen LogP contribution is 2.19. The van der Waals surface area contributed by atoms with Crippen LogP contribution in [0.3, 0.4) is 0 Å². The molecule has 6 heteroatoms. The number of carbonyl (C=O) groups is 1. The number of nitrogen functional groups attached to an aromatic ring is 1. The van der Waals surface area contributed by atoms with Crippen LogP contribution >= 0.6 is 0 Å². The summed E-state index contributed by atoms with van der Waals surface area (Å²) in [6.45, 7) is 1.17. The topological polar surface area (TPSA) is 82.7 Å². The molecule has 1 aromatic heterocycles. The van der Waals surface area contributed by atoms with Crippen LogP contribution < -0.4 is 5.73 Å². The number of rotatable bonds is 4. The number of nitrogens with two attached hydrogens (primary N) is 1. The normalized spacial score (nSPS) is 22.5. The second-order valence-electron chi connectivity index (χ2n) is 5.61. The molecule has 0 aliphatic carbocycles. The van der Waals surface area contributed by atoms with Crippen LogP contribution in [0.1, 0.15) is 12.1 Å². The summed E-state index contributed by atoms with van der Waals surface area (Å²) in [6, 6.07) is 3.58. The highest BCUT2D eigenvalue weighted by atomic mass is 16.3. The predicted molar refractivity (Wildman–Crippen MR) is 77.0 cm³/mol. The van der Waals surface area contributed by atoms with Gasteiger partial charge in [-0.3, -0.25) is 9.78 Å². The minimum absolute atomic E-state index is 0.00525. The fourth-order valence-corrected chi connectivity index (χ4v) is 2.59. The minimum atomic E-state index is -0.428. The number of aliphatic hydroxyl groups is 1. The quantitative estimate of drug-likeness (QED) is 0.792. The van der Waals surface area contributed by atoms with Crippen LogP contribution in [0.25, 0.3) is 0 Å². The molecule has 20 heavy (non-hydrogen) atoms. The van der Waals surface area contributed by atoms with Crippen LogP contribution in [-0.2, 0) is 11.2 Å². The predicted octanol–water partition coefficient (Wildman–Crippen LogP) is -0.270. The molecule has 1 aliphatic heterocycles. The van der Waals surface area contributed by atoms with Crippen molar-refractivity contribution in [2.24, 2.45) is 0 Å². The molecule has 1 amide bonds. The molecular weight excluding hydrogens is 256 g/mol. The molecule has 0 radical (unpaired) electrons. The van der Waals surface area contributed by atoms with Crippen molar-refractivity contribution in [1.29, 1.82) is 0 Å². The van der Waals surface area contributed by atoms with Crippen molar-refractivity contribution in [2.45, 2.75) is 25.0 Å². The number of anilines is 1. The molecular formula is C14H22N4O2. The minimum Gasteiger partial charge on any atom is -0.397 e. The Balaban J connectivity index is 2.01. The van der Waals surface area contributed by atoms with E-state index >= 15 is 0 Å². The Hall–Kier alpha value is -1.66. The molecule has 2 heterocycles. The van der Waals surface area contributed by atoms with E-state index in [0.717, 1.165) is 6.54 Å². The Kier molecular flexibility index (Phi) is 4.57. The first-order valence-corrected chi connectivity index (χ1v) is 6.78. The zero-order valence-corrected chi connectivity index (χ0v) is 12.0. The van der Waals surface area contributed by atoms with Crippen molar-refractivity contribution < 1.29 is 9.90 Å². The third kappa shape index (κ3) is 3.68. The monoisotopic (exact) mass is 278 g/mol. The van der Waals surface area contributed by atoms with Gasteiger partial charge in [-0.05, 0) is 32.6 Å². The van der Waals surface area contributed by atoms with Crippen molar-refractivity contribution in [1.82, 2.24) is 14.8 Å². The van der Waals surface area contributed by atoms with Crippen LogP contribution in [0.4, 0.5) is 5.69 Å². The van der Waals surface area contributed by atoms with Crippen molar-refractivity contribution >= 4 is 11.6 Å². The van der Waals surface area contributed by atoms with Gasteiger partial charge < -0.3 is 20.6 Å². The first-order chi connectivity index (χ1) is 9.45. The van der Waals surface area contributed by atoms with E-state index in [1.54, 1.807) is 23.2 Å². The first-order valence-electron chi connectivity index (χ1n) is 6.78. The maximum absolute atomic E-state index is 12.4. The van der Waals surface area contributed by atoms with E-state index in [2.05, 4.69) is 4.98 Å². The summed E-state index contributed by atoms with van der Waals surface area (Å²) in [6.07, 6.45) is 2.01. The number of pyridine rings is 1. The standard InChI is InChI=1S/C14H22N4O2/c1-17(2)8-12-6-13(19)9-18(12)14(20)5-11-4-3-10(15)7-16-11/h3-4,7,12-13,19H,5-6,8-9,15H2,1-2H3. The first kappa shape index (κ1) is 14.7. The second-order valence-corrected chi connectivity index (χ2v) is 5.61. The van der Waals surface area contributed by atoms with Gasteiger partial charge in [-0.25, -0.2) is 0 Å². The maximum Gasteiger partial charge on any atom is 0.228 e. The second kappa shape index (κ2) is 6.19. The molecule has 2 rings (SSSR count). The van der Waals surface area contributed by atoms with E-state index in [-0.39, 0.29) is 18.4 Å². The molecule has 1 aliphatic rings. The Morgan fingerprint density at radius 3 is 2.90 bits per heavy atom. The van der Waals surface area contributed by atoms with Crippen LogP contribution in [-0.4, -0.2) is 65.1 Å². The van der Waals surface area contributed by atoms with Gasteiger partial charge in [0.05, 0.1) is 24.4 Å². The van der Waals surface area contributed by atoms with Crippen LogP contribution in [0.15, 0.2) is 18.3 Å². The number of nitrogens with zero attached hydrogens (tertiary/aromatic N) is 3. The average molecular weight is 278 g/mol. The third-order valence-corrected chi connectivity index (χ3v) is 3.47. The molecule has 1 saturated heterocycles. The number of likely N-dealkylation sites (N-methyl/N-ethyl adjacent to an activating group) is 1. The summed E-state index contributed by atoms with van der Waals surface area (Å²) >= 11 is 0.